The number of aliphatic imine (C=N–C) groups is 1. The van der Waals surface area contributed by atoms with Gasteiger partial charge in [0.05, 0.1) is 13.2 Å². The molecule has 8 nitrogen and oxygen atoms in total. The fraction of sp³-hybridized carbons (Fsp3) is 0.550. The number of halogens is 1. The van der Waals surface area contributed by atoms with Gasteiger partial charge in [0.15, 0.2) is 11.8 Å². The highest BCUT2D eigenvalue weighted by Crippen LogP contribution is 2.31. The first-order valence-electron chi connectivity index (χ1n) is 9.89. The molecule has 160 valence electrons. The summed E-state index contributed by atoms with van der Waals surface area (Å²) < 4.78 is 10.8. The summed E-state index contributed by atoms with van der Waals surface area (Å²) in [5.74, 6) is 2.78. The van der Waals surface area contributed by atoms with Crippen LogP contribution in [0.15, 0.2) is 33.8 Å². The molecule has 1 aromatic heterocycles. The molecule has 2 heterocycles. The Morgan fingerprint density at radius 1 is 1.28 bits per heavy atom. The molecule has 1 aromatic carbocycles. The molecule has 2 aromatic rings. The average Bonchev–Trinajstić information content (AvgIpc) is 3.38. The molecule has 1 atom stereocenters. The Labute approximate surface area is 189 Å². The minimum atomic E-state index is 0. The normalized spacial score (nSPS) is 15.6. The average molecular weight is 514 g/mol. The number of hydrogen-bond acceptors (Lipinski definition) is 6. The van der Waals surface area contributed by atoms with Crippen molar-refractivity contribution in [2.24, 2.45) is 4.99 Å². The third kappa shape index (κ3) is 6.56. The molecule has 1 saturated heterocycles. The number of ether oxygens (including phenoxy) is 1. The number of aryl methyl sites for hydroxylation is 1. The first-order chi connectivity index (χ1) is 13.7. The van der Waals surface area contributed by atoms with E-state index < -0.39 is 0 Å². The van der Waals surface area contributed by atoms with E-state index in [0.717, 1.165) is 37.9 Å². The van der Waals surface area contributed by atoms with Gasteiger partial charge in [0, 0.05) is 18.7 Å². The number of nitrogens with one attached hydrogen (secondary N) is 2. The lowest BCUT2D eigenvalue weighted by molar-refractivity contribution is 0.239. The monoisotopic (exact) mass is 514 g/mol. The van der Waals surface area contributed by atoms with Crippen molar-refractivity contribution in [2.45, 2.75) is 39.3 Å². The van der Waals surface area contributed by atoms with Crippen LogP contribution in [0.2, 0.25) is 0 Å². The third-order valence-electron chi connectivity index (χ3n) is 4.83. The molecule has 29 heavy (non-hydrogen) atoms. The summed E-state index contributed by atoms with van der Waals surface area (Å²) in [6.07, 6.45) is 2.46. The van der Waals surface area contributed by atoms with Gasteiger partial charge in [-0.15, -0.1) is 24.0 Å². The summed E-state index contributed by atoms with van der Waals surface area (Å²) in [4.78, 5) is 11.3. The van der Waals surface area contributed by atoms with Gasteiger partial charge in [-0.05, 0) is 45.8 Å². The minimum absolute atomic E-state index is 0. The van der Waals surface area contributed by atoms with Crippen LogP contribution in [0.4, 0.5) is 0 Å². The second kappa shape index (κ2) is 12.0. The lowest BCUT2D eigenvalue weighted by atomic mass is 10.0. The van der Waals surface area contributed by atoms with Crippen molar-refractivity contribution in [2.75, 3.05) is 33.3 Å². The van der Waals surface area contributed by atoms with Crippen LogP contribution in [0.5, 0.6) is 5.75 Å². The largest absolute Gasteiger partial charge is 0.496 e. The van der Waals surface area contributed by atoms with Gasteiger partial charge in [-0.1, -0.05) is 23.4 Å². The third-order valence-corrected chi connectivity index (χ3v) is 4.83. The van der Waals surface area contributed by atoms with Crippen molar-refractivity contribution in [3.63, 3.8) is 0 Å². The highest BCUT2D eigenvalue weighted by atomic mass is 127. The van der Waals surface area contributed by atoms with E-state index in [9.17, 15) is 0 Å². The summed E-state index contributed by atoms with van der Waals surface area (Å²) >= 11 is 0. The highest BCUT2D eigenvalue weighted by molar-refractivity contribution is 14.0. The number of benzene rings is 1. The van der Waals surface area contributed by atoms with E-state index in [2.05, 4.69) is 42.8 Å². The zero-order chi connectivity index (χ0) is 19.8. The summed E-state index contributed by atoms with van der Waals surface area (Å²) in [6.45, 7) is 7.89. The second-order valence-electron chi connectivity index (χ2n) is 6.81. The van der Waals surface area contributed by atoms with Crippen LogP contribution in [-0.4, -0.2) is 54.3 Å². The van der Waals surface area contributed by atoms with Crippen molar-refractivity contribution in [1.82, 2.24) is 25.7 Å². The number of methoxy groups -OCH3 is 1. The first kappa shape index (κ1) is 23.4. The lowest BCUT2D eigenvalue weighted by Gasteiger charge is -2.30. The van der Waals surface area contributed by atoms with Crippen LogP contribution in [0.1, 0.15) is 43.1 Å². The SMILES string of the molecule is CCNC(=NCc1nc(C)no1)NCC(c1ccccc1OC)N1CCCC1.I. The van der Waals surface area contributed by atoms with Crippen molar-refractivity contribution in [1.29, 1.82) is 0 Å². The summed E-state index contributed by atoms with van der Waals surface area (Å²) in [6, 6.07) is 8.46. The van der Waals surface area contributed by atoms with E-state index in [1.54, 1.807) is 14.0 Å². The summed E-state index contributed by atoms with van der Waals surface area (Å²) in [5.41, 5.74) is 1.20. The summed E-state index contributed by atoms with van der Waals surface area (Å²) in [7, 11) is 1.73. The van der Waals surface area contributed by atoms with Crippen LogP contribution in [0.3, 0.4) is 0 Å². The zero-order valence-electron chi connectivity index (χ0n) is 17.4. The molecule has 3 rings (SSSR count). The Balaban J connectivity index is 0.00000300. The van der Waals surface area contributed by atoms with Crippen molar-refractivity contribution in [3.05, 3.63) is 41.5 Å². The number of hydrogen-bond donors (Lipinski definition) is 2. The molecule has 9 heteroatoms. The van der Waals surface area contributed by atoms with Gasteiger partial charge in [-0.2, -0.15) is 4.98 Å². The maximum atomic E-state index is 5.62. The highest BCUT2D eigenvalue weighted by Gasteiger charge is 2.26. The van der Waals surface area contributed by atoms with Crippen LogP contribution < -0.4 is 15.4 Å². The number of likely N-dealkylation sites (tertiary alicyclic amines) is 1. The van der Waals surface area contributed by atoms with Crippen LogP contribution in [0, 0.1) is 6.92 Å². The lowest BCUT2D eigenvalue weighted by Crippen LogP contribution is -2.42. The molecule has 1 unspecified atom stereocenters. The smallest absolute Gasteiger partial charge is 0.248 e. The van der Waals surface area contributed by atoms with E-state index in [-0.39, 0.29) is 30.0 Å². The number of nitrogens with zero attached hydrogens (tertiary/aromatic N) is 4. The Morgan fingerprint density at radius 3 is 2.69 bits per heavy atom. The molecular formula is C20H31IN6O2. The van der Waals surface area contributed by atoms with Gasteiger partial charge in [-0.3, -0.25) is 4.90 Å². The molecule has 0 amide bonds. The molecule has 1 aliphatic rings. The number of para-hydroxylation sites is 1. The molecule has 2 N–H and O–H groups in total. The Morgan fingerprint density at radius 2 is 2.03 bits per heavy atom. The van der Waals surface area contributed by atoms with E-state index in [0.29, 0.717) is 18.3 Å². The van der Waals surface area contributed by atoms with E-state index >= 15 is 0 Å². The molecule has 0 radical (unpaired) electrons. The summed E-state index contributed by atoms with van der Waals surface area (Å²) in [5, 5.41) is 10.6. The molecule has 0 saturated carbocycles. The first-order valence-corrected chi connectivity index (χ1v) is 9.89. The van der Waals surface area contributed by atoms with Crippen molar-refractivity contribution >= 4 is 29.9 Å². The maximum absolute atomic E-state index is 5.62. The number of rotatable bonds is 8. The van der Waals surface area contributed by atoms with Gasteiger partial charge < -0.3 is 19.9 Å². The van der Waals surface area contributed by atoms with Gasteiger partial charge in [-0.25, -0.2) is 4.99 Å². The quantitative estimate of drug-likeness (QED) is 0.318. The van der Waals surface area contributed by atoms with Crippen molar-refractivity contribution < 1.29 is 9.26 Å². The number of guanidine groups is 1. The van der Waals surface area contributed by atoms with Gasteiger partial charge in [0.2, 0.25) is 5.89 Å². The molecule has 0 aliphatic carbocycles. The predicted octanol–water partition coefficient (Wildman–Crippen LogP) is 2.90. The Kier molecular flexibility index (Phi) is 9.65. The topological polar surface area (TPSA) is 87.8 Å². The molecule has 1 aliphatic heterocycles. The van der Waals surface area contributed by atoms with Gasteiger partial charge >= 0.3 is 0 Å². The standard InChI is InChI=1S/C20H30N6O2.HI/c1-4-21-20(23-14-19-24-15(2)25-28-19)22-13-17(26-11-7-8-12-26)16-9-5-6-10-18(16)27-3;/h5-6,9-10,17H,4,7-8,11-14H2,1-3H3,(H2,21,22,23);1H. The van der Waals surface area contributed by atoms with Crippen molar-refractivity contribution in [3.8, 4) is 5.75 Å². The Bertz CT molecular complexity index is 776. The maximum Gasteiger partial charge on any atom is 0.248 e. The van der Waals surface area contributed by atoms with Crippen LogP contribution >= 0.6 is 24.0 Å². The second-order valence-corrected chi connectivity index (χ2v) is 6.81. The Hall–Kier alpha value is -1.88. The van der Waals surface area contributed by atoms with Gasteiger partial charge in [0.1, 0.15) is 12.3 Å². The van der Waals surface area contributed by atoms with E-state index in [4.69, 9.17) is 9.26 Å². The zero-order valence-corrected chi connectivity index (χ0v) is 19.7. The molecule has 1 fully saturated rings. The van der Waals surface area contributed by atoms with E-state index in [1.807, 2.05) is 19.1 Å². The molecule has 0 spiro atoms. The fourth-order valence-corrected chi connectivity index (χ4v) is 3.52. The minimum Gasteiger partial charge on any atom is -0.496 e. The number of aromatic nitrogens is 2. The van der Waals surface area contributed by atoms with Gasteiger partial charge in [0.25, 0.3) is 0 Å². The molecular weight excluding hydrogens is 483 g/mol. The molecule has 0 bridgehead atoms. The predicted molar refractivity (Wildman–Crippen MR) is 124 cm³/mol. The van der Waals surface area contributed by atoms with Crippen LogP contribution in [0.25, 0.3) is 0 Å². The van der Waals surface area contributed by atoms with Crippen LogP contribution in [-0.2, 0) is 6.54 Å². The fourth-order valence-electron chi connectivity index (χ4n) is 3.52. The van der Waals surface area contributed by atoms with E-state index in [1.165, 1.54) is 18.4 Å².